The minimum atomic E-state index is 0.389. The lowest BCUT2D eigenvalue weighted by molar-refractivity contribution is 0.822. The molecule has 0 heteroatoms. The quantitative estimate of drug-likeness (QED) is 0.443. The maximum atomic E-state index is 7.36. The molecule has 0 aliphatic carbocycles. The van der Waals surface area contributed by atoms with Gasteiger partial charge in [0.25, 0.3) is 0 Å². The van der Waals surface area contributed by atoms with Gasteiger partial charge in [0, 0.05) is 0 Å². The molecule has 0 spiro atoms. The zero-order valence-corrected chi connectivity index (χ0v) is 5.58. The molecule has 0 aliphatic rings. The fourth-order valence-electron chi connectivity index (χ4n) is 0.577. The molecule has 0 aromatic carbocycles. The van der Waals surface area contributed by atoms with Crippen LogP contribution in [0.25, 0.3) is 0 Å². The molecule has 0 nitrogen and oxygen atoms in total. The van der Waals surface area contributed by atoms with Crippen molar-refractivity contribution < 1.29 is 1.37 Å². The molecule has 7 heavy (non-hydrogen) atoms. The van der Waals surface area contributed by atoms with Gasteiger partial charge in [-0.05, 0) is 19.8 Å². The van der Waals surface area contributed by atoms with E-state index in [4.69, 9.17) is 1.37 Å². The Morgan fingerprint density at radius 1 is 1.57 bits per heavy atom. The molecule has 0 N–H and O–H groups in total. The first-order chi connectivity index (χ1) is 3.55. The lowest BCUT2D eigenvalue weighted by Crippen LogP contribution is -1.77. The van der Waals surface area contributed by atoms with E-state index in [9.17, 15) is 0 Å². The molecule has 0 aliphatic heterocycles. The number of rotatable bonds is 1. The van der Waals surface area contributed by atoms with Crippen molar-refractivity contribution in [3.05, 3.63) is 11.6 Å². The van der Waals surface area contributed by atoms with Crippen LogP contribution in [-0.2, 0) is 0 Å². The lowest BCUT2D eigenvalue weighted by Gasteiger charge is -1.93. The van der Waals surface area contributed by atoms with E-state index in [2.05, 4.69) is 0 Å². The molecular weight excluding hydrogens is 84.1 g/mol. The van der Waals surface area contributed by atoms with Crippen LogP contribution in [0.15, 0.2) is 11.6 Å². The number of hydrogen-bond donors (Lipinski definition) is 0. The summed E-state index contributed by atoms with van der Waals surface area (Å²) in [4.78, 5) is 0. The highest BCUT2D eigenvalue weighted by atomic mass is 13.9. The zero-order valence-electron chi connectivity index (χ0n) is 6.58. The van der Waals surface area contributed by atoms with Crippen molar-refractivity contribution in [2.75, 3.05) is 0 Å². The molecule has 0 amide bonds. The highest BCUT2D eigenvalue weighted by Crippen LogP contribution is 1.98. The van der Waals surface area contributed by atoms with E-state index in [0.29, 0.717) is 5.92 Å². The number of hydrogen-bond acceptors (Lipinski definition) is 0. The van der Waals surface area contributed by atoms with E-state index >= 15 is 0 Å². The maximum absolute atomic E-state index is 7.36. The predicted octanol–water partition coefficient (Wildman–Crippen LogP) is 2.61. The van der Waals surface area contributed by atoms with Crippen molar-refractivity contribution >= 4 is 0 Å². The summed E-state index contributed by atoms with van der Waals surface area (Å²) in [6.07, 6.45) is 0. The van der Waals surface area contributed by atoms with Crippen LogP contribution < -0.4 is 0 Å². The van der Waals surface area contributed by atoms with Crippen LogP contribution >= 0.6 is 0 Å². The monoisotopic (exact) mass is 99.1 g/mol. The molecule has 0 heterocycles. The summed E-state index contributed by atoms with van der Waals surface area (Å²) in [5, 5.41) is 0. The highest BCUT2D eigenvalue weighted by Gasteiger charge is 1.82. The Kier molecular flexibility index (Phi) is 1.98. The second-order valence-electron chi connectivity index (χ2n) is 2.30. The van der Waals surface area contributed by atoms with Crippen LogP contribution in [0.2, 0.25) is 0 Å². The molecule has 0 saturated carbocycles. The Labute approximate surface area is 47.6 Å². The first-order valence-electron chi connectivity index (χ1n) is 3.19. The van der Waals surface area contributed by atoms with Gasteiger partial charge in [-0.25, -0.2) is 0 Å². The molecule has 0 rings (SSSR count). The van der Waals surface area contributed by atoms with Crippen molar-refractivity contribution in [3.8, 4) is 0 Å². The van der Waals surface area contributed by atoms with Gasteiger partial charge in [-0.15, -0.1) is 0 Å². The van der Waals surface area contributed by atoms with Gasteiger partial charge in [-0.1, -0.05) is 25.5 Å². The molecule has 0 aromatic rings. The highest BCUT2D eigenvalue weighted by molar-refractivity contribution is 4.94. The van der Waals surface area contributed by atoms with Gasteiger partial charge in [0.2, 0.25) is 0 Å². The Bertz CT molecular complexity index is 97.0. The molecule has 0 unspecified atom stereocenters. The van der Waals surface area contributed by atoms with Crippen molar-refractivity contribution in [1.29, 1.82) is 0 Å². The van der Waals surface area contributed by atoms with Crippen molar-refractivity contribution in [1.82, 2.24) is 0 Å². The molecule has 0 radical (unpaired) electrons. The lowest BCUT2D eigenvalue weighted by atomic mass is 10.1. The van der Waals surface area contributed by atoms with Gasteiger partial charge in [0.1, 0.15) is 0 Å². The second-order valence-corrected chi connectivity index (χ2v) is 2.30. The molecular formula is C7H14. The van der Waals surface area contributed by atoms with E-state index in [1.165, 1.54) is 0 Å². The van der Waals surface area contributed by atoms with Gasteiger partial charge in [0.15, 0.2) is 0 Å². The third-order valence-electron chi connectivity index (χ3n) is 0.577. The van der Waals surface area contributed by atoms with Gasteiger partial charge in [-0.3, -0.25) is 0 Å². The summed E-state index contributed by atoms with van der Waals surface area (Å²) >= 11 is 0. The van der Waals surface area contributed by atoms with E-state index in [-0.39, 0.29) is 0 Å². The van der Waals surface area contributed by atoms with Crippen molar-refractivity contribution in [2.24, 2.45) is 5.92 Å². The van der Waals surface area contributed by atoms with E-state index in [0.717, 1.165) is 11.6 Å². The molecule has 0 aromatic heterocycles. The average Bonchev–Trinajstić information content (AvgIpc) is 1.64. The summed E-state index contributed by atoms with van der Waals surface area (Å²) in [6, 6.07) is 0.769. The molecule has 0 saturated heterocycles. The molecule has 0 atom stereocenters. The first kappa shape index (κ1) is 4.89. The summed E-state index contributed by atoms with van der Waals surface area (Å²) in [5.74, 6) is 0.389. The van der Waals surface area contributed by atoms with Crippen LogP contribution in [0.3, 0.4) is 0 Å². The Hall–Kier alpha value is -0.260. The summed E-state index contributed by atoms with van der Waals surface area (Å²) in [5.41, 5.74) is 1.12. The standard InChI is InChI=1S/C7H14/c1-6(2)5-7(3)4/h5-6H,1-4H3/i5D. The fourth-order valence-corrected chi connectivity index (χ4v) is 0.577. The normalized spacial score (nSPS) is 11.3. The maximum Gasteiger partial charge on any atom is 0.0578 e. The van der Waals surface area contributed by atoms with Crippen molar-refractivity contribution in [3.63, 3.8) is 0 Å². The second kappa shape index (κ2) is 2.84. The minimum Gasteiger partial charge on any atom is -0.0833 e. The van der Waals surface area contributed by atoms with Gasteiger partial charge in [-0.2, -0.15) is 0 Å². The largest absolute Gasteiger partial charge is 0.0833 e. The first-order valence-corrected chi connectivity index (χ1v) is 2.69. The summed E-state index contributed by atoms with van der Waals surface area (Å²) < 4.78 is 7.36. The van der Waals surface area contributed by atoms with Gasteiger partial charge >= 0.3 is 0 Å². The van der Waals surface area contributed by atoms with E-state index < -0.39 is 0 Å². The Balaban J connectivity index is 4.00. The van der Waals surface area contributed by atoms with Gasteiger partial charge in [0.05, 0.1) is 1.37 Å². The van der Waals surface area contributed by atoms with Gasteiger partial charge < -0.3 is 0 Å². The Morgan fingerprint density at radius 3 is 2.00 bits per heavy atom. The minimum absolute atomic E-state index is 0.389. The van der Waals surface area contributed by atoms with Crippen molar-refractivity contribution in [2.45, 2.75) is 27.7 Å². The van der Waals surface area contributed by atoms with Crippen LogP contribution in [0.5, 0.6) is 0 Å². The molecule has 0 bridgehead atoms. The third kappa shape index (κ3) is 5.74. The molecule has 42 valence electrons. The molecule has 0 fully saturated rings. The summed E-state index contributed by atoms with van der Waals surface area (Å²) in [6.45, 7) is 8.02. The van der Waals surface area contributed by atoms with Crippen LogP contribution in [-0.4, -0.2) is 0 Å². The van der Waals surface area contributed by atoms with Crippen LogP contribution in [0.4, 0.5) is 0 Å². The van der Waals surface area contributed by atoms with E-state index in [1.54, 1.807) is 0 Å². The average molecular weight is 99.2 g/mol. The SMILES string of the molecule is [2H]C(=C(C)C)C(C)C. The van der Waals surface area contributed by atoms with Crippen LogP contribution in [0.1, 0.15) is 29.1 Å². The van der Waals surface area contributed by atoms with E-state index in [1.807, 2.05) is 27.7 Å². The third-order valence-corrected chi connectivity index (χ3v) is 0.577. The smallest absolute Gasteiger partial charge is 0.0578 e. The zero-order chi connectivity index (χ0) is 6.73. The predicted molar refractivity (Wildman–Crippen MR) is 34.3 cm³/mol. The van der Waals surface area contributed by atoms with Crippen LogP contribution in [0, 0.1) is 5.92 Å². The summed E-state index contributed by atoms with van der Waals surface area (Å²) in [7, 11) is 0. The Morgan fingerprint density at radius 2 is 2.00 bits per heavy atom. The number of allylic oxidation sites excluding steroid dienone is 2. The fraction of sp³-hybridized carbons (Fsp3) is 0.714. The topological polar surface area (TPSA) is 0 Å².